The molecule has 0 aliphatic rings. The van der Waals surface area contributed by atoms with E-state index in [1.54, 1.807) is 7.11 Å². The zero-order chi connectivity index (χ0) is 20.3. The minimum absolute atomic E-state index is 0.330. The Morgan fingerprint density at radius 2 is 1.39 bits per heavy atom. The first-order chi connectivity index (χ1) is 13.5. The van der Waals surface area contributed by atoms with Gasteiger partial charge in [-0.05, 0) is 64.2 Å². The molecule has 3 aromatic rings. The molecule has 5 heteroatoms. The second-order valence-electron chi connectivity index (χ2n) is 6.67. The lowest BCUT2D eigenvalue weighted by Gasteiger charge is -2.15. The molecular weight excluding hydrogens is 352 g/mol. The van der Waals surface area contributed by atoms with Gasteiger partial charge in [-0.3, -0.25) is 9.59 Å². The van der Waals surface area contributed by atoms with Crippen molar-refractivity contribution in [1.82, 2.24) is 10.6 Å². The molecule has 2 amide bonds. The third-order valence-electron chi connectivity index (χ3n) is 4.94. The van der Waals surface area contributed by atoms with E-state index in [9.17, 15) is 9.59 Å². The number of hydrogen-bond acceptors (Lipinski definition) is 3. The van der Waals surface area contributed by atoms with E-state index in [0.717, 1.165) is 33.2 Å². The SMILES string of the molecule is CNC(=O)C(C(=O)NC)c1ccc2cc(-c3ccc(OC)c(C)c3)ccc2c1. The highest BCUT2D eigenvalue weighted by atomic mass is 16.5. The molecule has 3 aromatic carbocycles. The van der Waals surface area contributed by atoms with Crippen molar-refractivity contribution in [3.05, 3.63) is 65.7 Å². The van der Waals surface area contributed by atoms with Crippen molar-refractivity contribution in [3.63, 3.8) is 0 Å². The first kappa shape index (κ1) is 19.4. The number of hydrogen-bond donors (Lipinski definition) is 2. The first-order valence-corrected chi connectivity index (χ1v) is 9.10. The maximum atomic E-state index is 12.2. The minimum Gasteiger partial charge on any atom is -0.496 e. The largest absolute Gasteiger partial charge is 0.496 e. The summed E-state index contributed by atoms with van der Waals surface area (Å²) in [5, 5.41) is 7.14. The van der Waals surface area contributed by atoms with Gasteiger partial charge in [0.25, 0.3) is 0 Å². The number of nitrogens with one attached hydrogen (secondary N) is 2. The van der Waals surface area contributed by atoms with Crippen LogP contribution in [-0.4, -0.2) is 33.0 Å². The Kier molecular flexibility index (Phi) is 5.64. The maximum Gasteiger partial charge on any atom is 0.236 e. The second kappa shape index (κ2) is 8.13. The Hall–Kier alpha value is -3.34. The van der Waals surface area contributed by atoms with Crippen LogP contribution in [0.15, 0.2) is 54.6 Å². The van der Waals surface area contributed by atoms with Gasteiger partial charge in [0, 0.05) is 14.1 Å². The average molecular weight is 376 g/mol. The summed E-state index contributed by atoms with van der Waals surface area (Å²) < 4.78 is 5.33. The summed E-state index contributed by atoms with van der Waals surface area (Å²) in [6.45, 7) is 2.02. The Labute approximate surface area is 164 Å². The summed E-state index contributed by atoms with van der Waals surface area (Å²) in [7, 11) is 4.73. The van der Waals surface area contributed by atoms with E-state index in [1.807, 2.05) is 49.4 Å². The smallest absolute Gasteiger partial charge is 0.236 e. The summed E-state index contributed by atoms with van der Waals surface area (Å²) >= 11 is 0. The van der Waals surface area contributed by atoms with Crippen molar-refractivity contribution in [3.8, 4) is 16.9 Å². The van der Waals surface area contributed by atoms with Crippen LogP contribution in [0.2, 0.25) is 0 Å². The predicted molar refractivity (Wildman–Crippen MR) is 112 cm³/mol. The molecule has 0 fully saturated rings. The Morgan fingerprint density at radius 3 is 2.00 bits per heavy atom. The average Bonchev–Trinajstić information content (AvgIpc) is 2.73. The molecule has 2 N–H and O–H groups in total. The number of amides is 2. The van der Waals surface area contributed by atoms with Gasteiger partial charge in [0.15, 0.2) is 0 Å². The molecule has 0 heterocycles. The molecule has 0 aliphatic carbocycles. The lowest BCUT2D eigenvalue weighted by molar-refractivity contribution is -0.131. The number of fused-ring (bicyclic) bond motifs is 1. The highest BCUT2D eigenvalue weighted by Gasteiger charge is 2.26. The highest BCUT2D eigenvalue weighted by molar-refractivity contribution is 6.06. The molecule has 0 aromatic heterocycles. The van der Waals surface area contributed by atoms with Gasteiger partial charge < -0.3 is 15.4 Å². The van der Waals surface area contributed by atoms with Gasteiger partial charge in [0.05, 0.1) is 7.11 Å². The van der Waals surface area contributed by atoms with Crippen LogP contribution in [0.3, 0.4) is 0 Å². The third-order valence-corrected chi connectivity index (χ3v) is 4.94. The van der Waals surface area contributed by atoms with Crippen molar-refractivity contribution in [2.24, 2.45) is 0 Å². The van der Waals surface area contributed by atoms with Gasteiger partial charge in [0.1, 0.15) is 11.7 Å². The fourth-order valence-electron chi connectivity index (χ4n) is 3.39. The molecular formula is C23H24N2O3. The van der Waals surface area contributed by atoms with Crippen molar-refractivity contribution in [2.75, 3.05) is 21.2 Å². The van der Waals surface area contributed by atoms with Crippen LogP contribution >= 0.6 is 0 Å². The van der Waals surface area contributed by atoms with E-state index in [-0.39, 0.29) is 11.8 Å². The van der Waals surface area contributed by atoms with Crippen molar-refractivity contribution < 1.29 is 14.3 Å². The van der Waals surface area contributed by atoms with Gasteiger partial charge >= 0.3 is 0 Å². The van der Waals surface area contributed by atoms with Crippen molar-refractivity contribution in [2.45, 2.75) is 12.8 Å². The molecule has 0 saturated carbocycles. The number of rotatable bonds is 5. The van der Waals surface area contributed by atoms with Crippen LogP contribution in [0, 0.1) is 6.92 Å². The number of ether oxygens (including phenoxy) is 1. The Balaban J connectivity index is 2.01. The summed E-state index contributed by atoms with van der Waals surface area (Å²) in [6, 6.07) is 17.9. The molecule has 0 bridgehead atoms. The molecule has 5 nitrogen and oxygen atoms in total. The molecule has 0 unspecified atom stereocenters. The van der Waals surface area contributed by atoms with Crippen LogP contribution in [0.25, 0.3) is 21.9 Å². The first-order valence-electron chi connectivity index (χ1n) is 9.10. The van der Waals surface area contributed by atoms with Gasteiger partial charge in [-0.1, -0.05) is 30.3 Å². The Morgan fingerprint density at radius 1 is 0.821 bits per heavy atom. The summed E-state index contributed by atoms with van der Waals surface area (Å²) in [5.41, 5.74) is 3.95. The third kappa shape index (κ3) is 3.69. The number of methoxy groups -OCH3 is 1. The number of benzene rings is 3. The molecule has 3 rings (SSSR count). The molecule has 28 heavy (non-hydrogen) atoms. The second-order valence-corrected chi connectivity index (χ2v) is 6.67. The van der Waals surface area contributed by atoms with Crippen LogP contribution in [-0.2, 0) is 9.59 Å². The van der Waals surface area contributed by atoms with Crippen LogP contribution in [0.4, 0.5) is 0 Å². The molecule has 0 aliphatic heterocycles. The van der Waals surface area contributed by atoms with Crippen LogP contribution in [0.1, 0.15) is 17.0 Å². The van der Waals surface area contributed by atoms with E-state index < -0.39 is 5.92 Å². The number of carbonyl (C=O) groups excluding carboxylic acids is 2. The highest BCUT2D eigenvalue weighted by Crippen LogP contribution is 2.30. The molecule has 0 spiro atoms. The molecule has 144 valence electrons. The van der Waals surface area contributed by atoms with E-state index in [4.69, 9.17) is 4.74 Å². The molecule has 0 radical (unpaired) electrons. The normalized spacial score (nSPS) is 10.8. The molecule has 0 saturated heterocycles. The van der Waals surface area contributed by atoms with E-state index in [0.29, 0.717) is 5.56 Å². The lowest BCUT2D eigenvalue weighted by atomic mass is 9.93. The van der Waals surface area contributed by atoms with Crippen LogP contribution in [0.5, 0.6) is 5.75 Å². The number of aryl methyl sites for hydroxylation is 1. The number of carbonyl (C=O) groups is 2. The fraction of sp³-hybridized carbons (Fsp3) is 0.217. The summed E-state index contributed by atoms with van der Waals surface area (Å²) in [4.78, 5) is 24.4. The van der Waals surface area contributed by atoms with Crippen molar-refractivity contribution in [1.29, 1.82) is 0 Å². The monoisotopic (exact) mass is 376 g/mol. The van der Waals surface area contributed by atoms with Gasteiger partial charge in [-0.2, -0.15) is 0 Å². The van der Waals surface area contributed by atoms with Crippen molar-refractivity contribution >= 4 is 22.6 Å². The van der Waals surface area contributed by atoms with E-state index in [2.05, 4.69) is 22.8 Å². The van der Waals surface area contributed by atoms with Gasteiger partial charge in [-0.25, -0.2) is 0 Å². The predicted octanol–water partition coefficient (Wildman–Crippen LogP) is 3.40. The topological polar surface area (TPSA) is 67.4 Å². The quantitative estimate of drug-likeness (QED) is 0.671. The van der Waals surface area contributed by atoms with Crippen LogP contribution < -0.4 is 15.4 Å². The zero-order valence-corrected chi connectivity index (χ0v) is 16.5. The maximum absolute atomic E-state index is 12.2. The molecule has 0 atom stereocenters. The van der Waals surface area contributed by atoms with Gasteiger partial charge in [0.2, 0.25) is 11.8 Å². The van der Waals surface area contributed by atoms with E-state index in [1.165, 1.54) is 14.1 Å². The minimum atomic E-state index is -0.872. The van der Waals surface area contributed by atoms with Gasteiger partial charge in [-0.15, -0.1) is 0 Å². The summed E-state index contributed by atoms with van der Waals surface area (Å²) in [6.07, 6.45) is 0. The summed E-state index contributed by atoms with van der Waals surface area (Å²) in [5.74, 6) is -0.667. The zero-order valence-electron chi connectivity index (χ0n) is 16.5. The number of likely N-dealkylation sites (N-methyl/N-ethyl adjacent to an activating group) is 2. The van der Waals surface area contributed by atoms with E-state index >= 15 is 0 Å². The Bertz CT molecular complexity index is 1030. The lowest BCUT2D eigenvalue weighted by Crippen LogP contribution is -2.36. The fourth-order valence-corrected chi connectivity index (χ4v) is 3.39. The standard InChI is InChI=1S/C23H24N2O3/c1-14-11-15(9-10-20(14)28-4)16-5-6-18-13-19(8-7-17(18)12-16)21(22(26)24-2)23(27)25-3/h5-13,21H,1-4H3,(H,24,26)(H,25,27).